The molecule has 2 N–H and O–H groups in total. The molecule has 0 aromatic carbocycles. The summed E-state index contributed by atoms with van der Waals surface area (Å²) in [4.78, 5) is 13.6. The maximum absolute atomic E-state index is 11.9. The van der Waals surface area contributed by atoms with Crippen LogP contribution < -0.4 is 5.73 Å². The molecule has 1 aliphatic rings. The number of carbonyl (C=O) groups is 1. The summed E-state index contributed by atoms with van der Waals surface area (Å²) in [6, 6.07) is 0.195. The van der Waals surface area contributed by atoms with Crippen molar-refractivity contribution in [3.05, 3.63) is 12.4 Å². The molecule has 2 heterocycles. The molecule has 1 fully saturated rings. The zero-order chi connectivity index (χ0) is 11.5. The van der Waals surface area contributed by atoms with E-state index in [1.165, 1.54) is 6.20 Å². The molecule has 1 aromatic rings. The van der Waals surface area contributed by atoms with Gasteiger partial charge in [-0.3, -0.25) is 9.48 Å². The number of nitrogens with two attached hydrogens (primary N) is 1. The first kappa shape index (κ1) is 10.9. The second-order valence-corrected chi connectivity index (χ2v) is 3.99. The van der Waals surface area contributed by atoms with Crippen LogP contribution in [0.15, 0.2) is 12.4 Å². The first-order chi connectivity index (χ1) is 7.66. The average molecular weight is 224 g/mol. The number of rotatable bonds is 3. The normalized spacial score (nSPS) is 19.9. The molecule has 88 valence electrons. The molecule has 0 saturated carbocycles. The minimum absolute atomic E-state index is 0.0265. The van der Waals surface area contributed by atoms with Crippen molar-refractivity contribution in [2.24, 2.45) is 0 Å². The van der Waals surface area contributed by atoms with E-state index in [0.29, 0.717) is 12.3 Å². The van der Waals surface area contributed by atoms with Gasteiger partial charge in [-0.2, -0.15) is 5.10 Å². The number of aromatic nitrogens is 2. The molecule has 0 radical (unpaired) electrons. The lowest BCUT2D eigenvalue weighted by molar-refractivity contribution is -0.132. The largest absolute Gasteiger partial charge is 0.396 e. The molecular formula is C10H16N4O2. The number of amides is 1. The molecule has 1 unspecified atom stereocenters. The summed E-state index contributed by atoms with van der Waals surface area (Å²) in [5.41, 5.74) is 6.09. The highest BCUT2D eigenvalue weighted by molar-refractivity contribution is 5.76. The maximum Gasteiger partial charge on any atom is 0.244 e. The molecule has 2 rings (SSSR count). The lowest BCUT2D eigenvalue weighted by Gasteiger charge is -2.22. The second kappa shape index (κ2) is 4.52. The zero-order valence-corrected chi connectivity index (χ0v) is 9.30. The van der Waals surface area contributed by atoms with E-state index in [1.54, 1.807) is 22.8 Å². The van der Waals surface area contributed by atoms with Crippen LogP contribution in [-0.4, -0.2) is 46.9 Å². The zero-order valence-electron chi connectivity index (χ0n) is 9.30. The third-order valence-corrected chi connectivity index (χ3v) is 2.80. The molecule has 6 nitrogen and oxygen atoms in total. The SMILES string of the molecule is CN(C(=O)Cn1cc(N)cn1)C1CCOC1. The van der Waals surface area contributed by atoms with Gasteiger partial charge in [-0.05, 0) is 6.42 Å². The molecular weight excluding hydrogens is 208 g/mol. The molecule has 1 amide bonds. The fraction of sp³-hybridized carbons (Fsp3) is 0.600. The summed E-state index contributed by atoms with van der Waals surface area (Å²) < 4.78 is 6.79. The number of hydrogen-bond acceptors (Lipinski definition) is 4. The van der Waals surface area contributed by atoms with Crippen LogP contribution in [0.4, 0.5) is 5.69 Å². The van der Waals surface area contributed by atoms with Crippen LogP contribution >= 0.6 is 0 Å². The summed E-state index contributed by atoms with van der Waals surface area (Å²) in [6.07, 6.45) is 4.09. The van der Waals surface area contributed by atoms with E-state index in [2.05, 4.69) is 5.10 Å². The van der Waals surface area contributed by atoms with Crippen LogP contribution in [0.25, 0.3) is 0 Å². The summed E-state index contributed by atoms with van der Waals surface area (Å²) in [7, 11) is 1.80. The molecule has 0 spiro atoms. The van der Waals surface area contributed by atoms with Crippen LogP contribution in [0, 0.1) is 0 Å². The number of carbonyl (C=O) groups excluding carboxylic acids is 1. The van der Waals surface area contributed by atoms with Crippen LogP contribution in [0.5, 0.6) is 0 Å². The third-order valence-electron chi connectivity index (χ3n) is 2.80. The quantitative estimate of drug-likeness (QED) is 0.766. The molecule has 1 saturated heterocycles. The van der Waals surface area contributed by atoms with Crippen molar-refractivity contribution < 1.29 is 9.53 Å². The van der Waals surface area contributed by atoms with Crippen molar-refractivity contribution in [2.45, 2.75) is 19.0 Å². The maximum atomic E-state index is 11.9. The van der Waals surface area contributed by atoms with Crippen LogP contribution in [0.3, 0.4) is 0 Å². The van der Waals surface area contributed by atoms with Gasteiger partial charge in [0, 0.05) is 19.9 Å². The number of anilines is 1. The first-order valence-electron chi connectivity index (χ1n) is 5.28. The van der Waals surface area contributed by atoms with E-state index >= 15 is 0 Å². The Morgan fingerprint density at radius 3 is 3.19 bits per heavy atom. The monoisotopic (exact) mass is 224 g/mol. The Morgan fingerprint density at radius 2 is 2.62 bits per heavy atom. The van der Waals surface area contributed by atoms with Gasteiger partial charge in [-0.25, -0.2) is 0 Å². The molecule has 16 heavy (non-hydrogen) atoms. The Morgan fingerprint density at radius 1 is 1.81 bits per heavy atom. The molecule has 1 aromatic heterocycles. The van der Waals surface area contributed by atoms with E-state index in [9.17, 15) is 4.79 Å². The highest BCUT2D eigenvalue weighted by Gasteiger charge is 2.24. The van der Waals surface area contributed by atoms with Gasteiger partial charge in [0.2, 0.25) is 5.91 Å². The fourth-order valence-electron chi connectivity index (χ4n) is 1.75. The van der Waals surface area contributed by atoms with Crippen molar-refractivity contribution in [2.75, 3.05) is 26.0 Å². The molecule has 0 aliphatic carbocycles. The first-order valence-corrected chi connectivity index (χ1v) is 5.28. The molecule has 1 aliphatic heterocycles. The summed E-state index contributed by atoms with van der Waals surface area (Å²) in [5.74, 6) is 0.0265. The summed E-state index contributed by atoms with van der Waals surface area (Å²) in [6.45, 7) is 1.59. The van der Waals surface area contributed by atoms with E-state index < -0.39 is 0 Å². The van der Waals surface area contributed by atoms with Crippen LogP contribution in [-0.2, 0) is 16.1 Å². The number of hydrogen-bond donors (Lipinski definition) is 1. The van der Waals surface area contributed by atoms with E-state index in [-0.39, 0.29) is 18.5 Å². The highest BCUT2D eigenvalue weighted by atomic mass is 16.5. The Labute approximate surface area is 94.0 Å². The van der Waals surface area contributed by atoms with Crippen LogP contribution in [0.2, 0.25) is 0 Å². The Balaban J connectivity index is 1.92. The van der Waals surface area contributed by atoms with Gasteiger partial charge in [0.25, 0.3) is 0 Å². The minimum atomic E-state index is 0.0265. The topological polar surface area (TPSA) is 73.4 Å². The van der Waals surface area contributed by atoms with Gasteiger partial charge < -0.3 is 15.4 Å². The Hall–Kier alpha value is -1.56. The van der Waals surface area contributed by atoms with Gasteiger partial charge in [0.15, 0.2) is 0 Å². The summed E-state index contributed by atoms with van der Waals surface area (Å²) >= 11 is 0. The van der Waals surface area contributed by atoms with E-state index in [4.69, 9.17) is 10.5 Å². The van der Waals surface area contributed by atoms with Gasteiger partial charge in [-0.15, -0.1) is 0 Å². The molecule has 1 atom stereocenters. The molecule has 6 heteroatoms. The Bertz CT molecular complexity index is 371. The van der Waals surface area contributed by atoms with Gasteiger partial charge >= 0.3 is 0 Å². The number of nitrogens with zero attached hydrogens (tertiary/aromatic N) is 3. The standard InChI is InChI=1S/C10H16N4O2/c1-13(9-2-3-16-7-9)10(15)6-14-5-8(11)4-12-14/h4-5,9H,2-3,6-7,11H2,1H3. The van der Waals surface area contributed by atoms with Crippen LogP contribution in [0.1, 0.15) is 6.42 Å². The predicted molar refractivity (Wildman–Crippen MR) is 58.6 cm³/mol. The number of nitrogen functional groups attached to an aromatic ring is 1. The second-order valence-electron chi connectivity index (χ2n) is 3.99. The lowest BCUT2D eigenvalue weighted by Crippen LogP contribution is -2.39. The third kappa shape index (κ3) is 2.33. The molecule has 0 bridgehead atoms. The van der Waals surface area contributed by atoms with E-state index in [0.717, 1.165) is 13.0 Å². The number of ether oxygens (including phenoxy) is 1. The smallest absolute Gasteiger partial charge is 0.244 e. The van der Waals surface area contributed by atoms with Gasteiger partial charge in [0.05, 0.1) is 24.5 Å². The summed E-state index contributed by atoms with van der Waals surface area (Å²) in [5, 5.41) is 3.98. The van der Waals surface area contributed by atoms with Crippen molar-refractivity contribution in [1.29, 1.82) is 0 Å². The van der Waals surface area contributed by atoms with E-state index in [1.807, 2.05) is 0 Å². The van der Waals surface area contributed by atoms with Crippen molar-refractivity contribution >= 4 is 11.6 Å². The minimum Gasteiger partial charge on any atom is -0.396 e. The number of likely N-dealkylation sites (N-methyl/N-ethyl adjacent to an activating group) is 1. The predicted octanol–water partition coefficient (Wildman–Crippen LogP) is -0.287. The average Bonchev–Trinajstić information content (AvgIpc) is 2.88. The highest BCUT2D eigenvalue weighted by Crippen LogP contribution is 2.11. The van der Waals surface area contributed by atoms with Gasteiger partial charge in [0.1, 0.15) is 6.54 Å². The fourth-order valence-corrected chi connectivity index (χ4v) is 1.75. The Kier molecular flexibility index (Phi) is 3.09. The van der Waals surface area contributed by atoms with Crippen molar-refractivity contribution in [3.63, 3.8) is 0 Å². The lowest BCUT2D eigenvalue weighted by atomic mass is 10.2. The van der Waals surface area contributed by atoms with Crippen molar-refractivity contribution in [1.82, 2.24) is 14.7 Å². The van der Waals surface area contributed by atoms with Gasteiger partial charge in [-0.1, -0.05) is 0 Å². The van der Waals surface area contributed by atoms with Crippen molar-refractivity contribution in [3.8, 4) is 0 Å².